The summed E-state index contributed by atoms with van der Waals surface area (Å²) in [7, 11) is 0. The van der Waals surface area contributed by atoms with Crippen molar-refractivity contribution in [1.82, 2.24) is 19.9 Å². The molecule has 1 saturated heterocycles. The van der Waals surface area contributed by atoms with Crippen LogP contribution in [0.2, 0.25) is 0 Å². The minimum absolute atomic E-state index is 0.0180. The van der Waals surface area contributed by atoms with Crippen molar-refractivity contribution in [2.75, 3.05) is 19.6 Å². The summed E-state index contributed by atoms with van der Waals surface area (Å²) >= 11 is 0. The summed E-state index contributed by atoms with van der Waals surface area (Å²) < 4.78 is 1.88. The number of hydrogen-bond acceptors (Lipinski definition) is 4. The van der Waals surface area contributed by atoms with Crippen LogP contribution in [-0.4, -0.2) is 44.6 Å². The smallest absolute Gasteiger partial charge is 0.108 e. The topological polar surface area (TPSA) is 54.2 Å². The van der Waals surface area contributed by atoms with Crippen LogP contribution in [-0.2, 0) is 13.2 Å². The zero-order valence-corrected chi connectivity index (χ0v) is 12.0. The minimum Gasteiger partial charge on any atom is -0.390 e. The average molecular weight is 266 g/mol. The first kappa shape index (κ1) is 14.5. The Hall–Kier alpha value is -0.940. The summed E-state index contributed by atoms with van der Waals surface area (Å²) in [6.45, 7) is 6.88. The monoisotopic (exact) mass is 266 g/mol. The SMILES string of the molecule is CCCCCN1CCC(Cn2cc(CO)nn2)CC1. The standard InChI is InChI=1S/C14H26N4O/c1-2-3-4-7-17-8-5-13(6-9-17)10-18-11-14(12-19)15-16-18/h11,13,19H,2-10,12H2,1H3. The highest BCUT2D eigenvalue weighted by Gasteiger charge is 2.19. The molecule has 0 saturated carbocycles. The molecule has 1 aliphatic heterocycles. The third-order valence-electron chi connectivity index (χ3n) is 3.98. The van der Waals surface area contributed by atoms with Gasteiger partial charge in [-0.05, 0) is 44.8 Å². The molecule has 1 aromatic heterocycles. The molecule has 0 amide bonds. The Kier molecular flexibility index (Phi) is 5.79. The van der Waals surface area contributed by atoms with Gasteiger partial charge < -0.3 is 10.0 Å². The molecular weight excluding hydrogens is 240 g/mol. The number of hydrogen-bond donors (Lipinski definition) is 1. The molecule has 108 valence electrons. The number of nitrogens with zero attached hydrogens (tertiary/aromatic N) is 4. The predicted octanol–water partition coefficient (Wildman–Crippen LogP) is 1.67. The van der Waals surface area contributed by atoms with Gasteiger partial charge >= 0.3 is 0 Å². The van der Waals surface area contributed by atoms with Crippen molar-refractivity contribution >= 4 is 0 Å². The Bertz CT molecular complexity index is 358. The lowest BCUT2D eigenvalue weighted by Crippen LogP contribution is -2.35. The molecule has 5 nitrogen and oxygen atoms in total. The van der Waals surface area contributed by atoms with Gasteiger partial charge in [0, 0.05) is 6.54 Å². The van der Waals surface area contributed by atoms with Crippen molar-refractivity contribution in [2.24, 2.45) is 5.92 Å². The number of rotatable bonds is 7. The van der Waals surface area contributed by atoms with E-state index in [0.717, 1.165) is 6.54 Å². The van der Waals surface area contributed by atoms with Crippen LogP contribution >= 0.6 is 0 Å². The fourth-order valence-corrected chi connectivity index (χ4v) is 2.74. The van der Waals surface area contributed by atoms with E-state index in [0.29, 0.717) is 11.6 Å². The van der Waals surface area contributed by atoms with Gasteiger partial charge in [-0.15, -0.1) is 5.10 Å². The Morgan fingerprint density at radius 1 is 1.32 bits per heavy atom. The zero-order chi connectivity index (χ0) is 13.5. The highest BCUT2D eigenvalue weighted by Crippen LogP contribution is 2.19. The summed E-state index contributed by atoms with van der Waals surface area (Å²) in [5, 5.41) is 16.9. The van der Waals surface area contributed by atoms with Crippen LogP contribution in [0.3, 0.4) is 0 Å². The van der Waals surface area contributed by atoms with Crippen molar-refractivity contribution in [1.29, 1.82) is 0 Å². The van der Waals surface area contributed by atoms with Gasteiger partial charge in [-0.3, -0.25) is 4.68 Å². The molecule has 0 aromatic carbocycles. The minimum atomic E-state index is -0.0180. The van der Waals surface area contributed by atoms with E-state index < -0.39 is 0 Å². The van der Waals surface area contributed by atoms with Gasteiger partial charge in [0.1, 0.15) is 5.69 Å². The molecule has 0 atom stereocenters. The largest absolute Gasteiger partial charge is 0.390 e. The second kappa shape index (κ2) is 7.60. The molecule has 0 spiro atoms. The van der Waals surface area contributed by atoms with E-state index in [4.69, 9.17) is 5.11 Å². The highest BCUT2D eigenvalue weighted by atomic mass is 16.3. The van der Waals surface area contributed by atoms with Crippen LogP contribution < -0.4 is 0 Å². The first-order valence-electron chi connectivity index (χ1n) is 7.54. The number of piperidine rings is 1. The van der Waals surface area contributed by atoms with Crippen molar-refractivity contribution in [3.05, 3.63) is 11.9 Å². The third kappa shape index (κ3) is 4.58. The second-order valence-electron chi connectivity index (χ2n) is 5.58. The summed E-state index contributed by atoms with van der Waals surface area (Å²) in [5.41, 5.74) is 0.664. The average Bonchev–Trinajstić information content (AvgIpc) is 2.89. The van der Waals surface area contributed by atoms with E-state index in [2.05, 4.69) is 22.1 Å². The fraction of sp³-hybridized carbons (Fsp3) is 0.857. The Morgan fingerprint density at radius 3 is 2.74 bits per heavy atom. The summed E-state index contributed by atoms with van der Waals surface area (Å²) in [6.07, 6.45) is 8.34. The number of aliphatic hydroxyl groups excluding tert-OH is 1. The van der Waals surface area contributed by atoms with E-state index in [9.17, 15) is 0 Å². The third-order valence-corrected chi connectivity index (χ3v) is 3.98. The number of aromatic nitrogens is 3. The molecule has 1 aliphatic rings. The van der Waals surface area contributed by atoms with Crippen LogP contribution in [0.4, 0.5) is 0 Å². The van der Waals surface area contributed by atoms with E-state index in [-0.39, 0.29) is 6.61 Å². The molecule has 0 bridgehead atoms. The maximum absolute atomic E-state index is 8.97. The van der Waals surface area contributed by atoms with E-state index in [1.807, 2.05) is 10.9 Å². The highest BCUT2D eigenvalue weighted by molar-refractivity contribution is 4.89. The lowest BCUT2D eigenvalue weighted by molar-refractivity contribution is 0.168. The van der Waals surface area contributed by atoms with Gasteiger partial charge in [0.2, 0.25) is 0 Å². The fourth-order valence-electron chi connectivity index (χ4n) is 2.74. The summed E-state index contributed by atoms with van der Waals surface area (Å²) in [6, 6.07) is 0. The number of likely N-dealkylation sites (tertiary alicyclic amines) is 1. The van der Waals surface area contributed by atoms with Gasteiger partial charge in [-0.1, -0.05) is 25.0 Å². The molecule has 5 heteroatoms. The summed E-state index contributed by atoms with van der Waals surface area (Å²) in [4.78, 5) is 2.59. The maximum atomic E-state index is 8.97. The zero-order valence-electron chi connectivity index (χ0n) is 12.0. The molecule has 1 N–H and O–H groups in total. The lowest BCUT2D eigenvalue weighted by Gasteiger charge is -2.31. The Morgan fingerprint density at radius 2 is 2.11 bits per heavy atom. The molecule has 2 heterocycles. The quantitative estimate of drug-likeness (QED) is 0.763. The molecule has 1 fully saturated rings. The predicted molar refractivity (Wildman–Crippen MR) is 74.6 cm³/mol. The maximum Gasteiger partial charge on any atom is 0.108 e. The van der Waals surface area contributed by atoms with Crippen molar-refractivity contribution < 1.29 is 5.11 Å². The van der Waals surface area contributed by atoms with Gasteiger partial charge in [-0.2, -0.15) is 0 Å². The van der Waals surface area contributed by atoms with Crippen LogP contribution in [0.5, 0.6) is 0 Å². The number of aliphatic hydroxyl groups is 1. The van der Waals surface area contributed by atoms with Gasteiger partial charge in [-0.25, -0.2) is 0 Å². The first-order valence-corrected chi connectivity index (χ1v) is 7.54. The lowest BCUT2D eigenvalue weighted by atomic mass is 9.96. The molecule has 1 aromatic rings. The van der Waals surface area contributed by atoms with Crippen molar-refractivity contribution in [2.45, 2.75) is 52.2 Å². The molecule has 19 heavy (non-hydrogen) atoms. The molecule has 0 aliphatic carbocycles. The second-order valence-corrected chi connectivity index (χ2v) is 5.58. The van der Waals surface area contributed by atoms with E-state index in [1.165, 1.54) is 51.7 Å². The van der Waals surface area contributed by atoms with E-state index >= 15 is 0 Å². The Balaban J connectivity index is 1.68. The molecule has 0 radical (unpaired) electrons. The molecular formula is C14H26N4O. The van der Waals surface area contributed by atoms with E-state index in [1.54, 1.807) is 0 Å². The Labute approximate surface area is 115 Å². The van der Waals surface area contributed by atoms with Crippen LogP contribution in [0.15, 0.2) is 6.20 Å². The van der Waals surface area contributed by atoms with Crippen LogP contribution in [0, 0.1) is 5.92 Å². The van der Waals surface area contributed by atoms with Gasteiger partial charge in [0.15, 0.2) is 0 Å². The molecule has 0 unspecified atom stereocenters. The normalized spacial score (nSPS) is 18.0. The molecule has 2 rings (SSSR count). The van der Waals surface area contributed by atoms with Crippen molar-refractivity contribution in [3.8, 4) is 0 Å². The van der Waals surface area contributed by atoms with Crippen LogP contribution in [0.1, 0.15) is 44.7 Å². The van der Waals surface area contributed by atoms with Gasteiger partial charge in [0.05, 0.1) is 12.8 Å². The van der Waals surface area contributed by atoms with Crippen LogP contribution in [0.25, 0.3) is 0 Å². The number of unbranched alkanes of at least 4 members (excludes halogenated alkanes) is 2. The summed E-state index contributed by atoms with van der Waals surface area (Å²) in [5.74, 6) is 0.704. The first-order chi connectivity index (χ1) is 9.31. The van der Waals surface area contributed by atoms with Gasteiger partial charge in [0.25, 0.3) is 0 Å². The van der Waals surface area contributed by atoms with Crippen molar-refractivity contribution in [3.63, 3.8) is 0 Å².